The number of Topliss-reactive ketones (excluding diaryl/α,β-unsaturated/α-hetero) is 1. The van der Waals surface area contributed by atoms with Crippen molar-refractivity contribution >= 4 is 38.1 Å². The normalized spacial score (nSPS) is 19.7. The Labute approximate surface area is 378 Å². The summed E-state index contributed by atoms with van der Waals surface area (Å²) in [5, 5.41) is 27.5. The fourth-order valence-electron chi connectivity index (χ4n) is 9.31. The quantitative estimate of drug-likeness (QED) is 0.0829. The number of carbonyl (C=O) groups is 1. The van der Waals surface area contributed by atoms with Crippen molar-refractivity contribution in [1.29, 1.82) is 0 Å². The van der Waals surface area contributed by atoms with Gasteiger partial charge in [-0.25, -0.2) is 31.0 Å². The van der Waals surface area contributed by atoms with E-state index in [1.54, 1.807) is 36.0 Å². The number of aromatic nitrogens is 7. The van der Waals surface area contributed by atoms with Crippen LogP contribution in [0.2, 0.25) is 5.02 Å². The average molecular weight is 952 g/mol. The maximum atomic E-state index is 15.6. The first kappa shape index (κ1) is 44.3. The lowest BCUT2D eigenvalue weighted by Crippen LogP contribution is -2.33. The molecule has 10 rings (SSSR count). The number of aryl methyl sites for hydroxylation is 1. The molecule has 0 saturated heterocycles. The Morgan fingerprint density at radius 3 is 2.42 bits per heavy atom. The number of hydrogen-bond acceptors (Lipinski definition) is 10. The molecule has 66 heavy (non-hydrogen) atoms. The zero-order valence-corrected chi connectivity index (χ0v) is 37.1. The largest absolute Gasteiger partial charge is 0.422 e. The summed E-state index contributed by atoms with van der Waals surface area (Å²) in [4.78, 5) is 19.2. The molecule has 2 aromatic carbocycles. The lowest BCUT2D eigenvalue weighted by atomic mass is 9.86. The molecule has 4 aliphatic rings. The Morgan fingerprint density at radius 1 is 1.03 bits per heavy atom. The second kappa shape index (κ2) is 15.5. The van der Waals surface area contributed by atoms with Crippen molar-refractivity contribution in [3.05, 3.63) is 110 Å². The first-order valence-electron chi connectivity index (χ1n) is 21.4. The van der Waals surface area contributed by atoms with E-state index in [9.17, 15) is 35.9 Å². The Bertz CT molecular complexity index is 3160. The Hall–Kier alpha value is -5.58. The summed E-state index contributed by atoms with van der Waals surface area (Å²) < 4.78 is 122. The second-order valence-corrected chi connectivity index (χ2v) is 21.5. The maximum absolute atomic E-state index is 15.6. The smallest absolute Gasteiger partial charge is 0.293 e. The first-order chi connectivity index (χ1) is 31.1. The molecule has 20 heteroatoms. The first-order valence-corrected chi connectivity index (χ1v) is 23.3. The number of ketones is 1. The standard InChI is InChI=1S/C46H40ClF6N7O5S/c1-44(2,66(63,64)28-5-6-28)11-10-26-4-7-29(30-8-9-33(47)37-34(57-59(3)40(30)37)20-35-55-56-43(65-35)45(62)12-13-45)38(54-26)23(14-22-15-24(48)18-25(49)16-22)17-27(61)21-60-41-36(39(58-60)42(50)51)31-19-32(31)46(41,52)53/h4,7-9,15-16,18,23,28,31-32,42,62H,5-6,12-14,17,19-21H2,1-3H3/t23-,31+,32-/m1/s1. The summed E-state index contributed by atoms with van der Waals surface area (Å²) in [6, 6.07) is 9.35. The third-order valence-electron chi connectivity index (χ3n) is 13.1. The Kier molecular flexibility index (Phi) is 10.4. The highest BCUT2D eigenvalue weighted by Crippen LogP contribution is 2.68. The minimum Gasteiger partial charge on any atom is -0.422 e. The molecule has 1 N–H and O–H groups in total. The van der Waals surface area contributed by atoms with Crippen LogP contribution in [0.5, 0.6) is 0 Å². The van der Waals surface area contributed by atoms with Crippen molar-refractivity contribution in [2.24, 2.45) is 13.0 Å². The van der Waals surface area contributed by atoms with Gasteiger partial charge in [-0.2, -0.15) is 19.0 Å². The van der Waals surface area contributed by atoms with Crippen LogP contribution < -0.4 is 0 Å². The van der Waals surface area contributed by atoms with E-state index in [4.69, 9.17) is 26.1 Å². The van der Waals surface area contributed by atoms with Gasteiger partial charge < -0.3 is 9.52 Å². The van der Waals surface area contributed by atoms with Crippen LogP contribution in [0.25, 0.3) is 22.0 Å². The summed E-state index contributed by atoms with van der Waals surface area (Å²) in [5.74, 6) is -3.06. The van der Waals surface area contributed by atoms with E-state index in [1.807, 2.05) is 0 Å². The molecule has 4 heterocycles. The van der Waals surface area contributed by atoms with Crippen LogP contribution in [0.4, 0.5) is 26.3 Å². The number of fused-ring (bicyclic) bond motifs is 4. The van der Waals surface area contributed by atoms with Crippen LogP contribution in [0.3, 0.4) is 0 Å². The molecule has 0 bridgehead atoms. The summed E-state index contributed by atoms with van der Waals surface area (Å²) in [6.07, 6.45) is -1.84. The number of aliphatic hydroxyl groups is 1. The van der Waals surface area contributed by atoms with E-state index in [0.717, 1.165) is 12.1 Å². The molecule has 344 valence electrons. The van der Waals surface area contributed by atoms with E-state index in [0.29, 0.717) is 69.2 Å². The number of nitrogens with zero attached hydrogens (tertiary/aromatic N) is 7. The number of carbonyl (C=O) groups excluding carboxylic acids is 1. The molecule has 0 aliphatic heterocycles. The third kappa shape index (κ3) is 7.67. The average Bonchev–Trinajstić information content (AvgIpc) is 4.21. The van der Waals surface area contributed by atoms with Gasteiger partial charge in [-0.1, -0.05) is 23.6 Å². The second-order valence-electron chi connectivity index (χ2n) is 18.3. The monoisotopic (exact) mass is 951 g/mol. The van der Waals surface area contributed by atoms with Crippen LogP contribution in [-0.2, 0) is 52.6 Å². The van der Waals surface area contributed by atoms with Crippen LogP contribution in [0, 0.1) is 29.4 Å². The molecule has 0 spiro atoms. The van der Waals surface area contributed by atoms with E-state index in [1.165, 1.54) is 13.8 Å². The van der Waals surface area contributed by atoms with Crippen molar-refractivity contribution < 1.29 is 49.1 Å². The van der Waals surface area contributed by atoms with Gasteiger partial charge in [-0.3, -0.25) is 14.2 Å². The predicted octanol–water partition coefficient (Wildman–Crippen LogP) is 8.56. The van der Waals surface area contributed by atoms with Gasteiger partial charge in [0.2, 0.25) is 11.8 Å². The molecular formula is C46H40ClF6N7O5S. The Balaban J connectivity index is 1.10. The van der Waals surface area contributed by atoms with Crippen molar-refractivity contribution in [1.82, 2.24) is 34.7 Å². The number of alkyl halides is 4. The summed E-state index contributed by atoms with van der Waals surface area (Å²) in [6.45, 7) is 2.18. The number of sulfone groups is 1. The van der Waals surface area contributed by atoms with Gasteiger partial charge >= 0.3 is 0 Å². The summed E-state index contributed by atoms with van der Waals surface area (Å²) in [5.41, 5.74) is -0.812. The minimum atomic E-state index is -3.66. The number of pyridine rings is 1. The number of rotatable bonds is 14. The molecule has 12 nitrogen and oxygen atoms in total. The molecule has 0 radical (unpaired) electrons. The predicted molar refractivity (Wildman–Crippen MR) is 226 cm³/mol. The highest BCUT2D eigenvalue weighted by atomic mass is 35.5. The van der Waals surface area contributed by atoms with E-state index >= 15 is 8.78 Å². The molecule has 3 atom stereocenters. The fourth-order valence-corrected chi connectivity index (χ4v) is 11.4. The maximum Gasteiger partial charge on any atom is 0.293 e. The van der Waals surface area contributed by atoms with Gasteiger partial charge in [0.1, 0.15) is 45.6 Å². The number of halogens is 7. The molecule has 0 amide bonds. The Morgan fingerprint density at radius 2 is 1.74 bits per heavy atom. The summed E-state index contributed by atoms with van der Waals surface area (Å²) in [7, 11) is -1.99. The SMILES string of the molecule is Cn1nc(Cc2nnc(C3(O)CC3)o2)c2c(Cl)ccc(-c3ccc(C#CC(C)(C)S(=O)(=O)C4CC4)nc3[C@@H](CC(=O)Cn3nc(C(F)F)c4c3C(F)(F)[C@@H]3C[C@H]43)Cc3cc(F)cc(F)c3)c21. The van der Waals surface area contributed by atoms with Gasteiger partial charge in [0.05, 0.1) is 33.6 Å². The van der Waals surface area contributed by atoms with Crippen molar-refractivity contribution in [3.63, 3.8) is 0 Å². The molecule has 0 unspecified atom stereocenters. The molecule has 4 aliphatic carbocycles. The van der Waals surface area contributed by atoms with Crippen LogP contribution in [-0.4, -0.2) is 64.0 Å². The van der Waals surface area contributed by atoms with Gasteiger partial charge in [0.15, 0.2) is 15.6 Å². The topological polar surface area (TPSA) is 159 Å². The lowest BCUT2D eigenvalue weighted by Gasteiger charge is -2.22. The molecule has 6 aromatic rings. The van der Waals surface area contributed by atoms with Gasteiger partial charge in [0.25, 0.3) is 12.3 Å². The summed E-state index contributed by atoms with van der Waals surface area (Å²) >= 11 is 6.87. The molecule has 3 fully saturated rings. The highest BCUT2D eigenvalue weighted by molar-refractivity contribution is 7.93. The van der Waals surface area contributed by atoms with E-state index < -0.39 is 97.3 Å². The fraction of sp³-hybridized carbons (Fsp3) is 0.435. The molecule has 3 saturated carbocycles. The minimum absolute atomic E-state index is 0.0238. The van der Waals surface area contributed by atoms with Crippen molar-refractivity contribution in [2.45, 2.75) is 112 Å². The van der Waals surface area contributed by atoms with E-state index in [2.05, 4.69) is 27.1 Å². The van der Waals surface area contributed by atoms with Crippen LogP contribution in [0.15, 0.2) is 46.9 Å². The zero-order valence-electron chi connectivity index (χ0n) is 35.6. The van der Waals surface area contributed by atoms with E-state index in [-0.39, 0.29) is 53.6 Å². The molecular weight excluding hydrogens is 912 g/mol. The highest BCUT2D eigenvalue weighted by Gasteiger charge is 2.67. The van der Waals surface area contributed by atoms with Gasteiger partial charge in [-0.05, 0) is 100 Å². The van der Waals surface area contributed by atoms with Crippen molar-refractivity contribution in [2.75, 3.05) is 0 Å². The van der Waals surface area contributed by atoms with Gasteiger partial charge in [-0.15, -0.1) is 10.2 Å². The van der Waals surface area contributed by atoms with Crippen LogP contribution >= 0.6 is 11.6 Å². The zero-order chi connectivity index (χ0) is 46.8. The molecule has 4 aromatic heterocycles. The van der Waals surface area contributed by atoms with Crippen molar-refractivity contribution in [3.8, 4) is 23.0 Å². The van der Waals surface area contributed by atoms with Gasteiger partial charge in [0, 0.05) is 53.4 Å². The number of benzene rings is 2. The third-order valence-corrected chi connectivity index (χ3v) is 16.2. The lowest BCUT2D eigenvalue weighted by molar-refractivity contribution is -0.120. The number of hydrogen-bond donors (Lipinski definition) is 1. The van der Waals surface area contributed by atoms with Crippen LogP contribution in [0.1, 0.15) is 122 Å².